The highest BCUT2D eigenvalue weighted by Crippen LogP contribution is 2.25. The Morgan fingerprint density at radius 1 is 1.06 bits per heavy atom. The lowest BCUT2D eigenvalue weighted by Crippen LogP contribution is -2.49. The highest BCUT2D eigenvalue weighted by molar-refractivity contribution is 6.31. The zero-order chi connectivity index (χ0) is 22.9. The predicted molar refractivity (Wildman–Crippen MR) is 119 cm³/mol. The van der Waals surface area contributed by atoms with Crippen molar-refractivity contribution >= 4 is 17.6 Å². The van der Waals surface area contributed by atoms with Gasteiger partial charge in [0.25, 0.3) is 0 Å². The van der Waals surface area contributed by atoms with Gasteiger partial charge in [-0.05, 0) is 68.8 Å². The van der Waals surface area contributed by atoms with Gasteiger partial charge in [-0.25, -0.2) is 4.39 Å². The number of carbonyl (C=O) groups is 1. The molecule has 2 N–H and O–H groups in total. The van der Waals surface area contributed by atoms with Crippen LogP contribution in [0.1, 0.15) is 25.0 Å². The minimum Gasteiger partial charge on any atom is -0.497 e. The van der Waals surface area contributed by atoms with E-state index in [4.69, 9.17) is 25.8 Å². The normalized spacial score (nSPS) is 11.3. The van der Waals surface area contributed by atoms with Crippen LogP contribution in [0.5, 0.6) is 11.5 Å². The van der Waals surface area contributed by atoms with Crippen LogP contribution >= 0.6 is 11.6 Å². The maximum atomic E-state index is 13.9. The zero-order valence-corrected chi connectivity index (χ0v) is 19.1. The van der Waals surface area contributed by atoms with Gasteiger partial charge in [-0.15, -0.1) is 0 Å². The van der Waals surface area contributed by atoms with Gasteiger partial charge in [0.05, 0.1) is 19.2 Å². The average molecular weight is 453 g/mol. The minimum atomic E-state index is -0.752. The maximum absolute atomic E-state index is 13.9. The first-order valence-electron chi connectivity index (χ1n) is 10.0. The Morgan fingerprint density at radius 2 is 1.74 bits per heavy atom. The van der Waals surface area contributed by atoms with Crippen LogP contribution in [0.2, 0.25) is 5.02 Å². The van der Waals surface area contributed by atoms with Gasteiger partial charge < -0.3 is 24.8 Å². The SMILES string of the molecule is COC(=O)C(C)(C)NCCNCCc1cc(F)cc(Cl)c1COc1ccc(OC)cc1. The van der Waals surface area contributed by atoms with E-state index in [2.05, 4.69) is 10.6 Å². The summed E-state index contributed by atoms with van der Waals surface area (Å²) in [7, 11) is 2.97. The molecule has 0 aromatic heterocycles. The van der Waals surface area contributed by atoms with E-state index in [0.29, 0.717) is 36.8 Å². The van der Waals surface area contributed by atoms with Crippen LogP contribution in [-0.2, 0) is 22.6 Å². The Hall–Kier alpha value is -2.35. The average Bonchev–Trinajstić information content (AvgIpc) is 2.75. The molecule has 2 aromatic rings. The van der Waals surface area contributed by atoms with Crippen LogP contribution in [0.3, 0.4) is 0 Å². The summed E-state index contributed by atoms with van der Waals surface area (Å²) >= 11 is 6.29. The second-order valence-electron chi connectivity index (χ2n) is 7.53. The van der Waals surface area contributed by atoms with Crippen LogP contribution < -0.4 is 20.1 Å². The summed E-state index contributed by atoms with van der Waals surface area (Å²) in [5, 5.41) is 6.76. The molecule has 0 fully saturated rings. The lowest BCUT2D eigenvalue weighted by molar-refractivity contribution is -0.147. The van der Waals surface area contributed by atoms with Crippen molar-refractivity contribution < 1.29 is 23.4 Å². The monoisotopic (exact) mass is 452 g/mol. The lowest BCUT2D eigenvalue weighted by Gasteiger charge is -2.23. The number of benzene rings is 2. The molecule has 0 unspecified atom stereocenters. The molecule has 0 aliphatic carbocycles. The predicted octanol–water partition coefficient (Wildman–Crippen LogP) is 3.74. The molecule has 170 valence electrons. The van der Waals surface area contributed by atoms with Gasteiger partial charge in [0.1, 0.15) is 29.5 Å². The van der Waals surface area contributed by atoms with Crippen LogP contribution in [0.4, 0.5) is 4.39 Å². The molecule has 0 spiro atoms. The number of rotatable bonds is 12. The van der Waals surface area contributed by atoms with Gasteiger partial charge in [-0.2, -0.15) is 0 Å². The van der Waals surface area contributed by atoms with Crippen LogP contribution in [-0.4, -0.2) is 45.4 Å². The fourth-order valence-electron chi connectivity index (χ4n) is 3.01. The molecule has 31 heavy (non-hydrogen) atoms. The van der Waals surface area contributed by atoms with Gasteiger partial charge >= 0.3 is 5.97 Å². The number of esters is 1. The van der Waals surface area contributed by atoms with Crippen molar-refractivity contribution in [1.29, 1.82) is 0 Å². The van der Waals surface area contributed by atoms with Gasteiger partial charge in [0.2, 0.25) is 0 Å². The molecule has 0 saturated carbocycles. The third kappa shape index (κ3) is 7.69. The molecule has 0 atom stereocenters. The first-order valence-corrected chi connectivity index (χ1v) is 10.4. The fourth-order valence-corrected chi connectivity index (χ4v) is 3.29. The largest absolute Gasteiger partial charge is 0.497 e. The molecule has 6 nitrogen and oxygen atoms in total. The Bertz CT molecular complexity index is 859. The quantitative estimate of drug-likeness (QED) is 0.377. The number of hydrogen-bond donors (Lipinski definition) is 2. The summed E-state index contributed by atoms with van der Waals surface area (Å²) in [5.41, 5.74) is 0.790. The summed E-state index contributed by atoms with van der Waals surface area (Å²) in [6.07, 6.45) is 0.583. The number of ether oxygens (including phenoxy) is 3. The Balaban J connectivity index is 1.88. The molecule has 0 aliphatic heterocycles. The molecule has 0 heterocycles. The van der Waals surface area contributed by atoms with E-state index in [1.165, 1.54) is 19.2 Å². The summed E-state index contributed by atoms with van der Waals surface area (Å²) in [4.78, 5) is 11.7. The number of methoxy groups -OCH3 is 2. The smallest absolute Gasteiger partial charge is 0.325 e. The maximum Gasteiger partial charge on any atom is 0.325 e. The van der Waals surface area contributed by atoms with E-state index >= 15 is 0 Å². The molecular weight excluding hydrogens is 423 g/mol. The number of nitrogens with one attached hydrogen (secondary N) is 2. The standard InChI is InChI=1S/C23H30ClFN2O4/c1-23(2,22(28)30-4)27-12-11-26-10-9-16-13-17(25)14-21(24)20(16)15-31-19-7-5-18(29-3)6-8-19/h5-8,13-14,26-27H,9-12,15H2,1-4H3. The van der Waals surface area contributed by atoms with Gasteiger partial charge in [-0.1, -0.05) is 11.6 Å². The molecule has 2 rings (SSSR count). The van der Waals surface area contributed by atoms with E-state index in [1.807, 2.05) is 12.1 Å². The summed E-state index contributed by atoms with van der Waals surface area (Å²) in [6, 6.07) is 10.0. The van der Waals surface area contributed by atoms with E-state index in [0.717, 1.165) is 16.9 Å². The molecule has 0 bridgehead atoms. The molecule has 0 aliphatic rings. The van der Waals surface area contributed by atoms with Crippen molar-refractivity contribution in [3.8, 4) is 11.5 Å². The Morgan fingerprint density at radius 3 is 2.39 bits per heavy atom. The second kappa shape index (κ2) is 11.9. The van der Waals surface area contributed by atoms with Crippen molar-refractivity contribution in [1.82, 2.24) is 10.6 Å². The van der Waals surface area contributed by atoms with Crippen molar-refractivity contribution in [3.63, 3.8) is 0 Å². The highest BCUT2D eigenvalue weighted by atomic mass is 35.5. The summed E-state index contributed by atoms with van der Waals surface area (Å²) in [5.74, 6) is 0.714. The van der Waals surface area contributed by atoms with Crippen LogP contribution in [0, 0.1) is 5.82 Å². The second-order valence-corrected chi connectivity index (χ2v) is 7.94. The number of carbonyl (C=O) groups excluding carboxylic acids is 1. The Labute approximate surface area is 188 Å². The van der Waals surface area contributed by atoms with Crippen LogP contribution in [0.15, 0.2) is 36.4 Å². The first kappa shape index (κ1) is 24.9. The van der Waals surface area contributed by atoms with Gasteiger partial charge in [0.15, 0.2) is 0 Å². The topological polar surface area (TPSA) is 68.8 Å². The van der Waals surface area contributed by atoms with E-state index in [9.17, 15) is 9.18 Å². The molecule has 8 heteroatoms. The summed E-state index contributed by atoms with van der Waals surface area (Å²) in [6.45, 7) is 5.61. The third-order valence-corrected chi connectivity index (χ3v) is 5.17. The highest BCUT2D eigenvalue weighted by Gasteiger charge is 2.27. The van der Waals surface area contributed by atoms with Crippen molar-refractivity contribution in [2.45, 2.75) is 32.4 Å². The van der Waals surface area contributed by atoms with Crippen molar-refractivity contribution in [2.75, 3.05) is 33.9 Å². The number of hydrogen-bond acceptors (Lipinski definition) is 6. The van der Waals surface area contributed by atoms with Gasteiger partial charge in [0, 0.05) is 18.7 Å². The van der Waals surface area contributed by atoms with E-state index in [1.54, 1.807) is 33.1 Å². The molecule has 0 saturated heterocycles. The molecular formula is C23H30ClFN2O4. The molecule has 0 radical (unpaired) electrons. The van der Waals surface area contributed by atoms with Crippen molar-refractivity contribution in [2.24, 2.45) is 0 Å². The lowest BCUT2D eigenvalue weighted by atomic mass is 10.0. The van der Waals surface area contributed by atoms with Gasteiger partial charge in [-0.3, -0.25) is 4.79 Å². The Kier molecular flexibility index (Phi) is 9.55. The van der Waals surface area contributed by atoms with Crippen molar-refractivity contribution in [3.05, 3.63) is 58.4 Å². The zero-order valence-electron chi connectivity index (χ0n) is 18.4. The van der Waals surface area contributed by atoms with Crippen LogP contribution in [0.25, 0.3) is 0 Å². The minimum absolute atomic E-state index is 0.232. The molecule has 0 amide bonds. The summed E-state index contributed by atoms with van der Waals surface area (Å²) < 4.78 is 29.6. The fraction of sp³-hybridized carbons (Fsp3) is 0.435. The van der Waals surface area contributed by atoms with E-state index < -0.39 is 5.54 Å². The first-order chi connectivity index (χ1) is 14.8. The van der Waals surface area contributed by atoms with E-state index in [-0.39, 0.29) is 18.4 Å². The molecule has 2 aromatic carbocycles. The number of halogens is 2. The third-order valence-electron chi connectivity index (χ3n) is 4.83.